The Kier molecular flexibility index (Phi) is 5.02. The van der Waals surface area contributed by atoms with Crippen LogP contribution in [0.5, 0.6) is 0 Å². The lowest BCUT2D eigenvalue weighted by Crippen LogP contribution is -2.29. The Labute approximate surface area is 116 Å². The summed E-state index contributed by atoms with van der Waals surface area (Å²) in [5.41, 5.74) is 6.93. The largest absolute Gasteiger partial charge is 0.381 e. The van der Waals surface area contributed by atoms with E-state index in [1.807, 2.05) is 6.20 Å². The van der Waals surface area contributed by atoms with Crippen LogP contribution in [0.15, 0.2) is 18.3 Å². The number of aromatic nitrogens is 1. The van der Waals surface area contributed by atoms with E-state index in [1.165, 1.54) is 19.3 Å². The van der Waals surface area contributed by atoms with Crippen molar-refractivity contribution < 1.29 is 0 Å². The average Bonchev–Trinajstić information content (AvgIpc) is 2.89. The Bertz CT molecular complexity index is 372. The highest BCUT2D eigenvalue weighted by Crippen LogP contribution is 2.27. The Balaban J connectivity index is 1.98. The van der Waals surface area contributed by atoms with Crippen LogP contribution in [-0.4, -0.2) is 30.7 Å². The van der Waals surface area contributed by atoms with Crippen molar-refractivity contribution in [3.05, 3.63) is 18.3 Å². The topological polar surface area (TPSA) is 54.2 Å². The van der Waals surface area contributed by atoms with E-state index >= 15 is 0 Å². The molecule has 1 aliphatic rings. The number of rotatable bonds is 6. The molecule has 1 heterocycles. The second kappa shape index (κ2) is 6.75. The fourth-order valence-corrected chi connectivity index (χ4v) is 2.93. The molecule has 0 radical (unpaired) electrons. The summed E-state index contributed by atoms with van der Waals surface area (Å²) in [7, 11) is 0. The summed E-state index contributed by atoms with van der Waals surface area (Å²) in [6, 6.07) is 4.75. The van der Waals surface area contributed by atoms with Gasteiger partial charge in [-0.05, 0) is 51.3 Å². The summed E-state index contributed by atoms with van der Waals surface area (Å²) >= 11 is 0. The van der Waals surface area contributed by atoms with Crippen LogP contribution >= 0.6 is 0 Å². The standard InChI is InChI=1S/C15H26N4/c1-3-19(4-2)15-9-8-13(11-17-15)18-14-7-5-6-12(14)10-16/h8-9,11-12,14,18H,3-7,10,16H2,1-2H3. The van der Waals surface area contributed by atoms with E-state index < -0.39 is 0 Å². The van der Waals surface area contributed by atoms with Gasteiger partial charge in [0.1, 0.15) is 5.82 Å². The van der Waals surface area contributed by atoms with E-state index in [2.05, 4.69) is 41.2 Å². The molecule has 0 aromatic carbocycles. The van der Waals surface area contributed by atoms with Gasteiger partial charge in [0.05, 0.1) is 11.9 Å². The van der Waals surface area contributed by atoms with Gasteiger partial charge in [0.2, 0.25) is 0 Å². The van der Waals surface area contributed by atoms with Crippen LogP contribution in [0.2, 0.25) is 0 Å². The smallest absolute Gasteiger partial charge is 0.128 e. The van der Waals surface area contributed by atoms with E-state index in [-0.39, 0.29) is 0 Å². The van der Waals surface area contributed by atoms with E-state index in [4.69, 9.17) is 5.73 Å². The molecule has 1 saturated carbocycles. The lowest BCUT2D eigenvalue weighted by Gasteiger charge is -2.22. The SMILES string of the molecule is CCN(CC)c1ccc(NC2CCCC2CN)cn1. The molecule has 0 aliphatic heterocycles. The first-order valence-corrected chi connectivity index (χ1v) is 7.46. The van der Waals surface area contributed by atoms with Crippen LogP contribution in [0, 0.1) is 5.92 Å². The normalized spacial score (nSPS) is 22.5. The van der Waals surface area contributed by atoms with Crippen molar-refractivity contribution in [2.45, 2.75) is 39.2 Å². The second-order valence-corrected chi connectivity index (χ2v) is 5.25. The van der Waals surface area contributed by atoms with Crippen molar-refractivity contribution in [1.82, 2.24) is 4.98 Å². The molecule has 3 N–H and O–H groups in total. The zero-order chi connectivity index (χ0) is 13.7. The lowest BCUT2D eigenvalue weighted by molar-refractivity contribution is 0.516. The number of nitrogens with two attached hydrogens (primary N) is 1. The fourth-order valence-electron chi connectivity index (χ4n) is 2.93. The van der Waals surface area contributed by atoms with Crippen molar-refractivity contribution >= 4 is 11.5 Å². The Morgan fingerprint density at radius 1 is 1.32 bits per heavy atom. The summed E-state index contributed by atoms with van der Waals surface area (Å²) in [5.74, 6) is 1.67. The predicted molar refractivity (Wildman–Crippen MR) is 81.6 cm³/mol. The van der Waals surface area contributed by atoms with Gasteiger partial charge < -0.3 is 16.0 Å². The first-order chi connectivity index (χ1) is 9.28. The van der Waals surface area contributed by atoms with Crippen molar-refractivity contribution in [2.75, 3.05) is 29.9 Å². The monoisotopic (exact) mass is 262 g/mol. The van der Waals surface area contributed by atoms with Crippen molar-refractivity contribution in [1.29, 1.82) is 0 Å². The molecular formula is C15H26N4. The van der Waals surface area contributed by atoms with Gasteiger partial charge >= 0.3 is 0 Å². The molecule has 19 heavy (non-hydrogen) atoms. The van der Waals surface area contributed by atoms with Crippen LogP contribution in [-0.2, 0) is 0 Å². The van der Waals surface area contributed by atoms with Crippen LogP contribution in [0.3, 0.4) is 0 Å². The first-order valence-electron chi connectivity index (χ1n) is 7.46. The van der Waals surface area contributed by atoms with Crippen molar-refractivity contribution in [3.8, 4) is 0 Å². The van der Waals surface area contributed by atoms with Crippen LogP contribution in [0.1, 0.15) is 33.1 Å². The molecule has 4 nitrogen and oxygen atoms in total. The van der Waals surface area contributed by atoms with Gasteiger partial charge in [-0.25, -0.2) is 4.98 Å². The molecular weight excluding hydrogens is 236 g/mol. The number of pyridine rings is 1. The van der Waals surface area contributed by atoms with Gasteiger partial charge in [0.25, 0.3) is 0 Å². The van der Waals surface area contributed by atoms with Gasteiger partial charge in [-0.1, -0.05) is 6.42 Å². The quantitative estimate of drug-likeness (QED) is 0.827. The van der Waals surface area contributed by atoms with Gasteiger partial charge in [-0.15, -0.1) is 0 Å². The minimum absolute atomic E-state index is 0.520. The minimum Gasteiger partial charge on any atom is -0.381 e. The summed E-state index contributed by atoms with van der Waals surface area (Å²) in [4.78, 5) is 6.80. The maximum Gasteiger partial charge on any atom is 0.128 e. The van der Waals surface area contributed by atoms with E-state index in [0.717, 1.165) is 31.1 Å². The zero-order valence-electron chi connectivity index (χ0n) is 12.1. The Hall–Kier alpha value is -1.29. The number of nitrogens with one attached hydrogen (secondary N) is 1. The van der Waals surface area contributed by atoms with Crippen molar-refractivity contribution in [3.63, 3.8) is 0 Å². The predicted octanol–water partition coefficient (Wildman–Crippen LogP) is 2.47. The zero-order valence-corrected chi connectivity index (χ0v) is 12.1. The average molecular weight is 262 g/mol. The highest BCUT2D eigenvalue weighted by molar-refractivity contribution is 5.49. The second-order valence-electron chi connectivity index (χ2n) is 5.25. The van der Waals surface area contributed by atoms with E-state index in [9.17, 15) is 0 Å². The molecule has 1 aromatic rings. The number of nitrogens with zero attached hydrogens (tertiary/aromatic N) is 2. The minimum atomic E-state index is 0.520. The third-order valence-electron chi connectivity index (χ3n) is 4.15. The summed E-state index contributed by atoms with van der Waals surface area (Å²) < 4.78 is 0. The maximum atomic E-state index is 5.82. The van der Waals surface area contributed by atoms with Crippen LogP contribution < -0.4 is 16.0 Å². The molecule has 0 saturated heterocycles. The third-order valence-corrected chi connectivity index (χ3v) is 4.15. The van der Waals surface area contributed by atoms with Gasteiger partial charge in [0.15, 0.2) is 0 Å². The summed E-state index contributed by atoms with van der Waals surface area (Å²) in [6.45, 7) is 7.08. The number of anilines is 2. The van der Waals surface area contributed by atoms with Crippen molar-refractivity contribution in [2.24, 2.45) is 11.7 Å². The molecule has 4 heteroatoms. The molecule has 0 amide bonds. The Morgan fingerprint density at radius 2 is 2.11 bits per heavy atom. The lowest BCUT2D eigenvalue weighted by atomic mass is 10.0. The Morgan fingerprint density at radius 3 is 2.68 bits per heavy atom. The van der Waals surface area contributed by atoms with Crippen LogP contribution in [0.25, 0.3) is 0 Å². The molecule has 2 unspecified atom stereocenters. The highest BCUT2D eigenvalue weighted by atomic mass is 15.2. The van der Waals surface area contributed by atoms with Gasteiger partial charge in [-0.2, -0.15) is 0 Å². The van der Waals surface area contributed by atoms with Crippen LogP contribution in [0.4, 0.5) is 11.5 Å². The number of hydrogen-bond acceptors (Lipinski definition) is 4. The van der Waals surface area contributed by atoms with Gasteiger partial charge in [0, 0.05) is 19.1 Å². The number of hydrogen-bond donors (Lipinski definition) is 2. The fraction of sp³-hybridized carbons (Fsp3) is 0.667. The molecule has 2 atom stereocenters. The molecule has 1 fully saturated rings. The molecule has 2 rings (SSSR count). The summed E-state index contributed by atoms with van der Waals surface area (Å²) in [6.07, 6.45) is 5.70. The molecule has 0 bridgehead atoms. The molecule has 0 spiro atoms. The molecule has 1 aliphatic carbocycles. The summed E-state index contributed by atoms with van der Waals surface area (Å²) in [5, 5.41) is 3.58. The maximum absolute atomic E-state index is 5.82. The molecule has 106 valence electrons. The van der Waals surface area contributed by atoms with E-state index in [1.54, 1.807) is 0 Å². The molecule has 1 aromatic heterocycles. The van der Waals surface area contributed by atoms with Gasteiger partial charge in [-0.3, -0.25) is 0 Å². The third kappa shape index (κ3) is 3.38. The highest BCUT2D eigenvalue weighted by Gasteiger charge is 2.25. The van der Waals surface area contributed by atoms with E-state index in [0.29, 0.717) is 12.0 Å². The first kappa shape index (κ1) is 14.1.